The molecule has 1 aliphatic rings. The summed E-state index contributed by atoms with van der Waals surface area (Å²) in [6.07, 6.45) is 6.98. The quantitative estimate of drug-likeness (QED) is 0.464. The highest BCUT2D eigenvalue weighted by Gasteiger charge is 2.28. The highest BCUT2D eigenvalue weighted by atomic mass is 32.1. The molecular formula is C26H29N2O3S+. The van der Waals surface area contributed by atoms with E-state index in [9.17, 15) is 9.90 Å². The van der Waals surface area contributed by atoms with Crippen molar-refractivity contribution >= 4 is 32.5 Å². The molecule has 2 atom stereocenters. The molecule has 0 saturated carbocycles. The molecule has 3 heterocycles. The first-order chi connectivity index (χ1) is 15.6. The molecule has 1 aliphatic heterocycles. The number of fused-ring (bicyclic) bond motifs is 2. The molecular weight excluding hydrogens is 420 g/mol. The van der Waals surface area contributed by atoms with E-state index in [1.54, 1.807) is 6.07 Å². The van der Waals surface area contributed by atoms with Crippen molar-refractivity contribution in [3.63, 3.8) is 0 Å². The Morgan fingerprint density at radius 1 is 1.25 bits per heavy atom. The number of piperidine rings is 1. The van der Waals surface area contributed by atoms with Crippen LogP contribution in [0.1, 0.15) is 50.7 Å². The lowest BCUT2D eigenvalue weighted by atomic mass is 9.97. The Morgan fingerprint density at radius 3 is 2.88 bits per heavy atom. The summed E-state index contributed by atoms with van der Waals surface area (Å²) in [7, 11) is 0. The fraction of sp³-hybridized carbons (Fsp3) is 0.385. The third-order valence-electron chi connectivity index (χ3n) is 6.89. The summed E-state index contributed by atoms with van der Waals surface area (Å²) in [6, 6.07) is 10.3. The van der Waals surface area contributed by atoms with Gasteiger partial charge in [-0.15, -0.1) is 11.3 Å². The number of hydrogen-bond donors (Lipinski definition) is 2. The van der Waals surface area contributed by atoms with Crippen molar-refractivity contribution in [3.05, 3.63) is 57.9 Å². The summed E-state index contributed by atoms with van der Waals surface area (Å²) < 4.78 is 7.13. The summed E-state index contributed by atoms with van der Waals surface area (Å²) in [6.45, 7) is 6.01. The van der Waals surface area contributed by atoms with Crippen molar-refractivity contribution in [2.75, 3.05) is 6.54 Å². The second-order valence-corrected chi connectivity index (χ2v) is 9.77. The zero-order chi connectivity index (χ0) is 22.2. The Labute approximate surface area is 191 Å². The smallest absolute Gasteiger partial charge is 0.202 e. The van der Waals surface area contributed by atoms with Crippen LogP contribution in [-0.4, -0.2) is 22.7 Å². The van der Waals surface area contributed by atoms with Crippen molar-refractivity contribution in [1.82, 2.24) is 4.98 Å². The minimum absolute atomic E-state index is 0.0815. The zero-order valence-electron chi connectivity index (χ0n) is 18.6. The van der Waals surface area contributed by atoms with Crippen molar-refractivity contribution in [3.8, 4) is 16.3 Å². The summed E-state index contributed by atoms with van der Waals surface area (Å²) in [5.41, 5.74) is 3.36. The first-order valence-electron chi connectivity index (χ1n) is 11.6. The van der Waals surface area contributed by atoms with E-state index in [0.29, 0.717) is 40.5 Å². The number of para-hydroxylation sites is 1. The van der Waals surface area contributed by atoms with Crippen molar-refractivity contribution in [2.24, 2.45) is 0 Å². The summed E-state index contributed by atoms with van der Waals surface area (Å²) in [5.74, 6) is 0.281. The Hall–Kier alpha value is -2.70. The van der Waals surface area contributed by atoms with Crippen molar-refractivity contribution < 1.29 is 14.4 Å². The van der Waals surface area contributed by atoms with Gasteiger partial charge < -0.3 is 14.4 Å². The molecule has 2 aromatic heterocycles. The predicted octanol–water partition coefficient (Wildman–Crippen LogP) is 4.69. The molecule has 1 fully saturated rings. The molecule has 5 rings (SSSR count). The minimum Gasteiger partial charge on any atom is -0.507 e. The van der Waals surface area contributed by atoms with Gasteiger partial charge in [0, 0.05) is 0 Å². The lowest BCUT2D eigenvalue weighted by Gasteiger charge is -2.32. The Balaban J connectivity index is 1.65. The molecule has 0 spiro atoms. The van der Waals surface area contributed by atoms with E-state index in [2.05, 4.69) is 11.9 Å². The molecule has 2 N–H and O–H groups in total. The number of likely N-dealkylation sites (tertiary alicyclic amines) is 1. The van der Waals surface area contributed by atoms with Gasteiger partial charge in [-0.25, -0.2) is 4.98 Å². The maximum atomic E-state index is 13.6. The summed E-state index contributed by atoms with van der Waals surface area (Å²) in [5, 5.41) is 12.3. The van der Waals surface area contributed by atoms with Crippen LogP contribution in [0.4, 0.5) is 0 Å². The van der Waals surface area contributed by atoms with Gasteiger partial charge in [-0.3, -0.25) is 4.79 Å². The van der Waals surface area contributed by atoms with Crippen LogP contribution < -0.4 is 10.3 Å². The number of quaternary nitrogens is 1. The SMILES string of the molecule is CCc1cc2c(=O)c(-c3nc4ccccc4s3)coc2c(C[NH+]2CCCC[C@H]2CC)c1O. The number of thiazole rings is 1. The number of nitrogens with one attached hydrogen (secondary N) is 1. The van der Waals surface area contributed by atoms with E-state index < -0.39 is 0 Å². The molecule has 1 unspecified atom stereocenters. The van der Waals surface area contributed by atoms with E-state index in [1.165, 1.54) is 41.8 Å². The molecule has 5 nitrogen and oxygen atoms in total. The number of aromatic nitrogens is 1. The second-order valence-electron chi connectivity index (χ2n) is 8.74. The Morgan fingerprint density at radius 2 is 2.09 bits per heavy atom. The van der Waals surface area contributed by atoms with Gasteiger partial charge in [-0.1, -0.05) is 26.0 Å². The fourth-order valence-corrected chi connectivity index (χ4v) is 6.03. The van der Waals surface area contributed by atoms with Crippen LogP contribution in [0.15, 0.2) is 45.8 Å². The van der Waals surface area contributed by atoms with Crippen LogP contribution in [0.25, 0.3) is 31.8 Å². The topological polar surface area (TPSA) is 67.8 Å². The minimum atomic E-state index is -0.0815. The number of rotatable bonds is 5. The van der Waals surface area contributed by atoms with Crippen LogP contribution in [0.3, 0.4) is 0 Å². The van der Waals surface area contributed by atoms with Gasteiger partial charge >= 0.3 is 0 Å². The van der Waals surface area contributed by atoms with Crippen LogP contribution in [0.5, 0.6) is 5.75 Å². The second kappa shape index (κ2) is 8.68. The van der Waals surface area contributed by atoms with Gasteiger partial charge in [0.05, 0.1) is 39.3 Å². The monoisotopic (exact) mass is 449 g/mol. The van der Waals surface area contributed by atoms with Crippen LogP contribution in [-0.2, 0) is 13.0 Å². The molecule has 4 aromatic rings. The largest absolute Gasteiger partial charge is 0.507 e. The number of nitrogens with zero attached hydrogens (tertiary/aromatic N) is 1. The number of aromatic hydroxyl groups is 1. The van der Waals surface area contributed by atoms with Crippen LogP contribution >= 0.6 is 11.3 Å². The lowest BCUT2D eigenvalue weighted by molar-refractivity contribution is -0.944. The highest BCUT2D eigenvalue weighted by molar-refractivity contribution is 7.21. The number of aryl methyl sites for hydroxylation is 1. The Bertz CT molecular complexity index is 1310. The average Bonchev–Trinajstić information content (AvgIpc) is 3.25. The fourth-order valence-electron chi connectivity index (χ4n) is 5.06. The molecule has 0 bridgehead atoms. The van der Waals surface area contributed by atoms with E-state index >= 15 is 0 Å². The third kappa shape index (κ3) is 3.61. The maximum absolute atomic E-state index is 13.6. The molecule has 1 saturated heterocycles. The van der Waals surface area contributed by atoms with E-state index in [1.807, 2.05) is 31.2 Å². The van der Waals surface area contributed by atoms with Crippen LogP contribution in [0, 0.1) is 0 Å². The molecule has 0 amide bonds. The summed E-state index contributed by atoms with van der Waals surface area (Å²) >= 11 is 1.50. The van der Waals surface area contributed by atoms with E-state index in [-0.39, 0.29) is 11.2 Å². The van der Waals surface area contributed by atoms with Gasteiger partial charge in [0.25, 0.3) is 0 Å². The Kier molecular flexibility index (Phi) is 5.74. The number of phenols is 1. The highest BCUT2D eigenvalue weighted by Crippen LogP contribution is 2.33. The summed E-state index contributed by atoms with van der Waals surface area (Å²) in [4.78, 5) is 19.7. The van der Waals surface area contributed by atoms with Gasteiger partial charge in [0.15, 0.2) is 0 Å². The molecule has 6 heteroatoms. The van der Waals surface area contributed by atoms with E-state index in [4.69, 9.17) is 4.42 Å². The van der Waals surface area contributed by atoms with Crippen LogP contribution in [0.2, 0.25) is 0 Å². The molecule has 0 radical (unpaired) electrons. The van der Waals surface area contributed by atoms with Gasteiger partial charge in [-0.2, -0.15) is 0 Å². The number of phenolic OH excluding ortho intramolecular Hbond substituents is 1. The maximum Gasteiger partial charge on any atom is 0.202 e. The van der Waals surface area contributed by atoms with Gasteiger partial charge in [0.1, 0.15) is 29.1 Å². The standard InChI is InChI=1S/C26H28N2O3S/c1-3-16-13-18-24(30)20(26-27-21-10-5-6-11-22(21)32-26)15-31-25(18)19(23(16)29)14-28-12-8-7-9-17(28)4-2/h5-6,10-11,13,15,17,29H,3-4,7-9,12,14H2,1-2H3/p+1/t17-/m1/s1. The van der Waals surface area contributed by atoms with Crippen molar-refractivity contribution in [2.45, 2.75) is 58.5 Å². The zero-order valence-corrected chi connectivity index (χ0v) is 19.4. The van der Waals surface area contributed by atoms with Gasteiger partial charge in [0.2, 0.25) is 5.43 Å². The molecule has 166 valence electrons. The third-order valence-corrected chi connectivity index (χ3v) is 7.96. The normalized spacial score (nSPS) is 19.1. The molecule has 32 heavy (non-hydrogen) atoms. The molecule has 0 aliphatic carbocycles. The predicted molar refractivity (Wildman–Crippen MR) is 130 cm³/mol. The van der Waals surface area contributed by atoms with Gasteiger partial charge in [-0.05, 0) is 55.9 Å². The first-order valence-corrected chi connectivity index (χ1v) is 12.4. The first kappa shape index (κ1) is 21.2. The molecule has 2 aromatic carbocycles. The average molecular weight is 450 g/mol. The number of hydrogen-bond acceptors (Lipinski definition) is 5. The lowest BCUT2D eigenvalue weighted by Crippen LogP contribution is -3.15. The number of benzene rings is 2. The van der Waals surface area contributed by atoms with E-state index in [0.717, 1.165) is 34.3 Å². The van der Waals surface area contributed by atoms with Crippen molar-refractivity contribution in [1.29, 1.82) is 0 Å².